The van der Waals surface area contributed by atoms with Crippen molar-refractivity contribution < 1.29 is 4.79 Å². The summed E-state index contributed by atoms with van der Waals surface area (Å²) in [6.45, 7) is 5.98. The molecule has 92 valence electrons. The van der Waals surface area contributed by atoms with Crippen LogP contribution in [0.25, 0.3) is 0 Å². The largest absolute Gasteiger partial charge is 0.320 e. The predicted octanol–water partition coefficient (Wildman–Crippen LogP) is 1.80. The second kappa shape index (κ2) is 4.88. The predicted molar refractivity (Wildman–Crippen MR) is 70.5 cm³/mol. The van der Waals surface area contributed by atoms with Crippen LogP contribution in [0.4, 0.5) is 5.69 Å². The van der Waals surface area contributed by atoms with Gasteiger partial charge in [0.25, 0.3) is 0 Å². The van der Waals surface area contributed by atoms with Crippen LogP contribution in [0.3, 0.4) is 0 Å². The lowest BCUT2D eigenvalue weighted by atomic mass is 10.0. The van der Waals surface area contributed by atoms with Crippen molar-refractivity contribution in [2.24, 2.45) is 0 Å². The van der Waals surface area contributed by atoms with Crippen LogP contribution in [0.2, 0.25) is 0 Å². The summed E-state index contributed by atoms with van der Waals surface area (Å²) in [7, 11) is 1.94. The molecule has 0 radical (unpaired) electrons. The molecule has 17 heavy (non-hydrogen) atoms. The fraction of sp³-hybridized carbons (Fsp3) is 0.500. The van der Waals surface area contributed by atoms with E-state index in [1.165, 1.54) is 16.7 Å². The Morgan fingerprint density at radius 3 is 2.82 bits per heavy atom. The molecule has 0 saturated carbocycles. The normalized spacial score (nSPS) is 14.3. The van der Waals surface area contributed by atoms with E-state index in [9.17, 15) is 4.79 Å². The zero-order valence-electron chi connectivity index (χ0n) is 10.8. The van der Waals surface area contributed by atoms with E-state index in [1.54, 1.807) is 0 Å². The molecule has 0 bridgehead atoms. The molecule has 0 saturated heterocycles. The molecule has 1 aliphatic heterocycles. The molecular formula is C14H20N2O. The molecule has 1 aromatic rings. The maximum absolute atomic E-state index is 12.0. The van der Waals surface area contributed by atoms with Crippen molar-refractivity contribution in [2.45, 2.75) is 26.7 Å². The highest BCUT2D eigenvalue weighted by molar-refractivity contribution is 6.02. The number of hydrogen-bond donors (Lipinski definition) is 1. The van der Waals surface area contributed by atoms with Crippen molar-refractivity contribution in [3.63, 3.8) is 0 Å². The van der Waals surface area contributed by atoms with Crippen LogP contribution >= 0.6 is 0 Å². The highest BCUT2D eigenvalue weighted by Gasteiger charge is 2.28. The van der Waals surface area contributed by atoms with Crippen LogP contribution in [-0.2, 0) is 11.2 Å². The summed E-state index contributed by atoms with van der Waals surface area (Å²) in [6.07, 6.45) is 1.56. The number of fused-ring (bicyclic) bond motifs is 1. The van der Waals surface area contributed by atoms with Gasteiger partial charge in [-0.1, -0.05) is 12.1 Å². The second-order valence-electron chi connectivity index (χ2n) is 4.69. The maximum atomic E-state index is 12.0. The Morgan fingerprint density at radius 2 is 2.12 bits per heavy atom. The monoisotopic (exact) mass is 232 g/mol. The smallest absolute Gasteiger partial charge is 0.231 e. The number of nitrogens with zero attached hydrogens (tertiary/aromatic N) is 1. The maximum Gasteiger partial charge on any atom is 0.231 e. The molecule has 1 aliphatic rings. The molecule has 0 fully saturated rings. The number of carbonyl (C=O) groups excluding carboxylic acids is 1. The van der Waals surface area contributed by atoms with E-state index < -0.39 is 0 Å². The first-order valence-electron chi connectivity index (χ1n) is 6.19. The molecule has 1 amide bonds. The minimum atomic E-state index is 0.241. The van der Waals surface area contributed by atoms with Gasteiger partial charge in [-0.15, -0.1) is 0 Å². The number of benzene rings is 1. The molecule has 0 atom stereocenters. The molecule has 1 aromatic carbocycles. The Labute approximate surface area is 103 Å². The molecule has 0 spiro atoms. The lowest BCUT2D eigenvalue weighted by Crippen LogP contribution is -2.30. The van der Waals surface area contributed by atoms with Gasteiger partial charge in [0.05, 0.1) is 12.1 Å². The van der Waals surface area contributed by atoms with Crippen molar-refractivity contribution in [3.8, 4) is 0 Å². The van der Waals surface area contributed by atoms with Gasteiger partial charge in [0.15, 0.2) is 0 Å². The number of rotatable bonds is 4. The average Bonchev–Trinajstić information content (AvgIpc) is 2.62. The second-order valence-corrected chi connectivity index (χ2v) is 4.69. The Kier molecular flexibility index (Phi) is 3.48. The van der Waals surface area contributed by atoms with Crippen LogP contribution in [0.15, 0.2) is 12.1 Å². The Morgan fingerprint density at radius 1 is 1.35 bits per heavy atom. The molecule has 0 aliphatic carbocycles. The summed E-state index contributed by atoms with van der Waals surface area (Å²) in [5, 5.41) is 3.12. The van der Waals surface area contributed by atoms with Gasteiger partial charge in [0.2, 0.25) is 5.91 Å². The van der Waals surface area contributed by atoms with E-state index >= 15 is 0 Å². The van der Waals surface area contributed by atoms with E-state index in [-0.39, 0.29) is 5.91 Å². The SMILES string of the molecule is CNCCCN1C(=O)Cc2ccc(C)c(C)c21. The molecule has 3 nitrogen and oxygen atoms in total. The number of carbonyl (C=O) groups is 1. The Balaban J connectivity index is 2.26. The number of hydrogen-bond acceptors (Lipinski definition) is 2. The topological polar surface area (TPSA) is 32.3 Å². The first-order chi connectivity index (χ1) is 8.15. The van der Waals surface area contributed by atoms with Crippen molar-refractivity contribution >= 4 is 11.6 Å². The Bertz CT molecular complexity index is 440. The molecule has 0 aromatic heterocycles. The fourth-order valence-electron chi connectivity index (χ4n) is 2.41. The third-order valence-electron chi connectivity index (χ3n) is 3.51. The van der Waals surface area contributed by atoms with Gasteiger partial charge in [0, 0.05) is 6.54 Å². The summed E-state index contributed by atoms with van der Waals surface area (Å²) in [4.78, 5) is 13.9. The van der Waals surface area contributed by atoms with Gasteiger partial charge in [-0.3, -0.25) is 4.79 Å². The molecule has 1 N–H and O–H groups in total. The highest BCUT2D eigenvalue weighted by atomic mass is 16.2. The van der Waals surface area contributed by atoms with Crippen molar-refractivity contribution in [1.29, 1.82) is 0 Å². The first-order valence-corrected chi connectivity index (χ1v) is 6.19. The van der Waals surface area contributed by atoms with Gasteiger partial charge in [-0.2, -0.15) is 0 Å². The van der Waals surface area contributed by atoms with Crippen LogP contribution in [0.1, 0.15) is 23.1 Å². The van der Waals surface area contributed by atoms with E-state index in [0.717, 1.165) is 25.2 Å². The fourth-order valence-corrected chi connectivity index (χ4v) is 2.41. The molecule has 1 heterocycles. The zero-order chi connectivity index (χ0) is 12.4. The molecule has 2 rings (SSSR count). The summed E-state index contributed by atoms with van der Waals surface area (Å²) < 4.78 is 0. The van der Waals surface area contributed by atoms with Crippen LogP contribution in [0, 0.1) is 13.8 Å². The van der Waals surface area contributed by atoms with E-state index in [0.29, 0.717) is 6.42 Å². The number of anilines is 1. The molecular weight excluding hydrogens is 212 g/mol. The number of nitrogens with one attached hydrogen (secondary N) is 1. The highest BCUT2D eigenvalue weighted by Crippen LogP contribution is 2.33. The average molecular weight is 232 g/mol. The van der Waals surface area contributed by atoms with E-state index in [2.05, 4.69) is 31.3 Å². The van der Waals surface area contributed by atoms with Crippen molar-refractivity contribution in [1.82, 2.24) is 5.32 Å². The third-order valence-corrected chi connectivity index (χ3v) is 3.51. The van der Waals surface area contributed by atoms with Crippen LogP contribution in [-0.4, -0.2) is 26.0 Å². The minimum absolute atomic E-state index is 0.241. The van der Waals surface area contributed by atoms with Gasteiger partial charge in [-0.05, 0) is 50.6 Å². The molecule has 0 unspecified atom stereocenters. The summed E-state index contributed by atoms with van der Waals surface area (Å²) >= 11 is 0. The van der Waals surface area contributed by atoms with Crippen molar-refractivity contribution in [3.05, 3.63) is 28.8 Å². The number of aryl methyl sites for hydroxylation is 1. The van der Waals surface area contributed by atoms with Crippen LogP contribution in [0.5, 0.6) is 0 Å². The summed E-state index contributed by atoms with van der Waals surface area (Å²) in [5.41, 5.74) is 4.85. The lowest BCUT2D eigenvalue weighted by molar-refractivity contribution is -0.117. The summed E-state index contributed by atoms with van der Waals surface area (Å²) in [6, 6.07) is 4.20. The molecule has 3 heteroatoms. The lowest BCUT2D eigenvalue weighted by Gasteiger charge is -2.20. The standard InChI is InChI=1S/C14H20N2O/c1-10-5-6-12-9-13(17)16(8-4-7-15-3)14(12)11(10)2/h5-6,15H,4,7-9H2,1-3H3. The summed E-state index contributed by atoms with van der Waals surface area (Å²) in [5.74, 6) is 0.241. The van der Waals surface area contributed by atoms with E-state index in [1.807, 2.05) is 11.9 Å². The van der Waals surface area contributed by atoms with E-state index in [4.69, 9.17) is 0 Å². The number of amides is 1. The van der Waals surface area contributed by atoms with Gasteiger partial charge in [0.1, 0.15) is 0 Å². The minimum Gasteiger partial charge on any atom is -0.320 e. The van der Waals surface area contributed by atoms with Crippen molar-refractivity contribution in [2.75, 3.05) is 25.0 Å². The van der Waals surface area contributed by atoms with Gasteiger partial charge in [-0.25, -0.2) is 0 Å². The third kappa shape index (κ3) is 2.20. The quantitative estimate of drug-likeness (QED) is 0.803. The van der Waals surface area contributed by atoms with Gasteiger partial charge < -0.3 is 10.2 Å². The van der Waals surface area contributed by atoms with Crippen LogP contribution < -0.4 is 10.2 Å². The first kappa shape index (κ1) is 12.1. The zero-order valence-corrected chi connectivity index (χ0v) is 10.8. The Hall–Kier alpha value is -1.35. The van der Waals surface area contributed by atoms with Gasteiger partial charge >= 0.3 is 0 Å².